The van der Waals surface area contributed by atoms with Gasteiger partial charge in [-0.3, -0.25) is 0 Å². The van der Waals surface area contributed by atoms with E-state index >= 15 is 0 Å². The van der Waals surface area contributed by atoms with Crippen molar-refractivity contribution in [1.82, 2.24) is 0 Å². The standard InChI is InChI=1S/C65H42/c1-4-22-43(23-5-1)61-51-30-10-14-34-55(51)63(56-35-15-11-31-52(56)61)45-40-46(64-57-36-16-12-32-53(57)62(44-24-6-2-7-25-44)54-33-13-17-37-58(54)64)42-48(41-45)65(47-26-8-3-9-27-47)59-38-20-18-28-49(59)50-29-19-21-39-60(50)65/h1-42H. The summed E-state index contributed by atoms with van der Waals surface area (Å²) in [4.78, 5) is 0. The SMILES string of the molecule is c1ccc(-c2c3ccccc3c(-c3cc(-c4c5ccccc5c(-c5ccccc5)c5ccccc45)cc(C4(c5ccccc5)c5ccccc5-c5ccccc54)c3)c3ccccc23)cc1. The van der Waals surface area contributed by atoms with Crippen molar-refractivity contribution in [3.63, 3.8) is 0 Å². The zero-order valence-corrected chi connectivity index (χ0v) is 35.7. The molecule has 0 atom stereocenters. The molecule has 1 aliphatic rings. The third-order valence-electron chi connectivity index (χ3n) is 14.1. The largest absolute Gasteiger partial charge is 0.0713 e. The lowest BCUT2D eigenvalue weighted by atomic mass is 9.66. The highest BCUT2D eigenvalue weighted by Crippen LogP contribution is 2.58. The number of benzene rings is 12. The van der Waals surface area contributed by atoms with Crippen LogP contribution >= 0.6 is 0 Å². The monoisotopic (exact) mass is 822 g/mol. The highest BCUT2D eigenvalue weighted by Gasteiger charge is 2.46. The van der Waals surface area contributed by atoms with E-state index in [4.69, 9.17) is 0 Å². The minimum absolute atomic E-state index is 0.607. The Balaban J connectivity index is 1.23. The maximum absolute atomic E-state index is 2.54. The highest BCUT2D eigenvalue weighted by molar-refractivity contribution is 6.24. The van der Waals surface area contributed by atoms with Crippen molar-refractivity contribution >= 4 is 43.1 Å². The number of rotatable bonds is 6. The summed E-state index contributed by atoms with van der Waals surface area (Å²) in [5.74, 6) is 0. The summed E-state index contributed by atoms with van der Waals surface area (Å²) in [6.07, 6.45) is 0. The molecular weight excluding hydrogens is 781 g/mol. The Labute approximate surface area is 379 Å². The number of hydrogen-bond donors (Lipinski definition) is 0. The maximum Gasteiger partial charge on any atom is 0.0713 e. The minimum Gasteiger partial charge on any atom is -0.0622 e. The van der Waals surface area contributed by atoms with Crippen molar-refractivity contribution in [2.75, 3.05) is 0 Å². The van der Waals surface area contributed by atoms with Gasteiger partial charge in [-0.05, 0) is 139 Å². The van der Waals surface area contributed by atoms with Gasteiger partial charge < -0.3 is 0 Å². The number of hydrogen-bond acceptors (Lipinski definition) is 0. The quantitative estimate of drug-likeness (QED) is 0.147. The molecule has 0 heterocycles. The van der Waals surface area contributed by atoms with Crippen LogP contribution in [-0.4, -0.2) is 0 Å². The van der Waals surface area contributed by atoms with Crippen LogP contribution in [0, 0.1) is 0 Å². The first-order chi connectivity index (χ1) is 32.3. The molecule has 0 bridgehead atoms. The fourth-order valence-electron chi connectivity index (χ4n) is 11.6. The van der Waals surface area contributed by atoms with Crippen LogP contribution in [0.3, 0.4) is 0 Å². The molecule has 302 valence electrons. The van der Waals surface area contributed by atoms with Crippen LogP contribution in [0.1, 0.15) is 22.3 Å². The lowest BCUT2D eigenvalue weighted by Crippen LogP contribution is -2.28. The molecule has 0 amide bonds. The van der Waals surface area contributed by atoms with Crippen LogP contribution in [-0.2, 0) is 5.41 Å². The van der Waals surface area contributed by atoms with Crippen LogP contribution < -0.4 is 0 Å². The Morgan fingerprint density at radius 3 is 0.831 bits per heavy atom. The fourth-order valence-corrected chi connectivity index (χ4v) is 11.6. The zero-order chi connectivity index (χ0) is 42.9. The van der Waals surface area contributed by atoms with Crippen LogP contribution in [0.25, 0.3) is 98.7 Å². The average Bonchev–Trinajstić information content (AvgIpc) is 3.69. The second-order valence-corrected chi connectivity index (χ2v) is 17.4. The summed E-state index contributed by atoms with van der Waals surface area (Å²) in [5, 5.41) is 9.94. The van der Waals surface area contributed by atoms with E-state index < -0.39 is 5.41 Å². The van der Waals surface area contributed by atoms with Crippen molar-refractivity contribution < 1.29 is 0 Å². The van der Waals surface area contributed by atoms with Crippen molar-refractivity contribution in [3.8, 4) is 55.6 Å². The van der Waals surface area contributed by atoms with E-state index in [1.807, 2.05) is 0 Å². The Bertz CT molecular complexity index is 3460. The van der Waals surface area contributed by atoms with Crippen molar-refractivity contribution in [1.29, 1.82) is 0 Å². The molecule has 1 aliphatic carbocycles. The lowest BCUT2D eigenvalue weighted by Gasteiger charge is -2.35. The van der Waals surface area contributed by atoms with Crippen molar-refractivity contribution in [3.05, 3.63) is 277 Å². The molecule has 12 aromatic carbocycles. The molecule has 13 rings (SSSR count). The van der Waals surface area contributed by atoms with Gasteiger partial charge in [0, 0.05) is 0 Å². The molecule has 12 aromatic rings. The van der Waals surface area contributed by atoms with E-state index in [2.05, 4.69) is 255 Å². The van der Waals surface area contributed by atoms with Gasteiger partial charge in [0.1, 0.15) is 0 Å². The first kappa shape index (κ1) is 37.3. The molecule has 0 nitrogen and oxygen atoms in total. The van der Waals surface area contributed by atoms with E-state index in [-0.39, 0.29) is 0 Å². The second-order valence-electron chi connectivity index (χ2n) is 17.4. The molecule has 0 heteroatoms. The molecule has 0 aliphatic heterocycles. The van der Waals surface area contributed by atoms with Crippen LogP contribution in [0.5, 0.6) is 0 Å². The van der Waals surface area contributed by atoms with Gasteiger partial charge in [-0.25, -0.2) is 0 Å². The van der Waals surface area contributed by atoms with E-state index in [0.29, 0.717) is 0 Å². The van der Waals surface area contributed by atoms with E-state index in [9.17, 15) is 0 Å². The minimum atomic E-state index is -0.607. The first-order valence-electron chi connectivity index (χ1n) is 22.7. The molecule has 0 saturated carbocycles. The Morgan fingerprint density at radius 1 is 0.200 bits per heavy atom. The molecule has 65 heavy (non-hydrogen) atoms. The summed E-state index contributed by atoms with van der Waals surface area (Å²) in [6.45, 7) is 0. The van der Waals surface area contributed by atoms with Gasteiger partial charge >= 0.3 is 0 Å². The Kier molecular flexibility index (Phi) is 8.54. The van der Waals surface area contributed by atoms with Crippen LogP contribution in [0.15, 0.2) is 255 Å². The number of fused-ring (bicyclic) bond motifs is 7. The predicted molar refractivity (Wildman–Crippen MR) is 276 cm³/mol. The van der Waals surface area contributed by atoms with E-state index in [1.165, 1.54) is 121 Å². The summed E-state index contributed by atoms with van der Waals surface area (Å²) >= 11 is 0. The molecule has 0 spiro atoms. The van der Waals surface area contributed by atoms with Gasteiger partial charge in [0.15, 0.2) is 0 Å². The van der Waals surface area contributed by atoms with Gasteiger partial charge in [0.2, 0.25) is 0 Å². The summed E-state index contributed by atoms with van der Waals surface area (Å²) in [5.41, 5.74) is 16.9. The second kappa shape index (κ2) is 14.9. The predicted octanol–water partition coefficient (Wildman–Crippen LogP) is 17.3. The molecule has 0 N–H and O–H groups in total. The molecule has 0 aromatic heterocycles. The summed E-state index contributed by atoms with van der Waals surface area (Å²) in [6, 6.07) is 95.0. The van der Waals surface area contributed by atoms with Gasteiger partial charge in [-0.2, -0.15) is 0 Å². The molecular formula is C65H42. The normalized spacial score (nSPS) is 12.7. The Morgan fingerprint density at radius 2 is 0.477 bits per heavy atom. The highest BCUT2D eigenvalue weighted by atomic mass is 14.5. The van der Waals surface area contributed by atoms with Crippen LogP contribution in [0.4, 0.5) is 0 Å². The maximum atomic E-state index is 2.54. The summed E-state index contributed by atoms with van der Waals surface area (Å²) in [7, 11) is 0. The molecule has 0 radical (unpaired) electrons. The third-order valence-corrected chi connectivity index (χ3v) is 14.1. The summed E-state index contributed by atoms with van der Waals surface area (Å²) < 4.78 is 0. The smallest absolute Gasteiger partial charge is 0.0622 e. The molecule has 0 unspecified atom stereocenters. The lowest BCUT2D eigenvalue weighted by molar-refractivity contribution is 0.769. The van der Waals surface area contributed by atoms with Gasteiger partial charge in [-0.1, -0.05) is 237 Å². The Hall–Kier alpha value is -8.32. The van der Waals surface area contributed by atoms with Crippen molar-refractivity contribution in [2.45, 2.75) is 5.41 Å². The van der Waals surface area contributed by atoms with Gasteiger partial charge in [0.05, 0.1) is 5.41 Å². The zero-order valence-electron chi connectivity index (χ0n) is 35.7. The van der Waals surface area contributed by atoms with E-state index in [0.717, 1.165) is 0 Å². The topological polar surface area (TPSA) is 0 Å². The third kappa shape index (κ3) is 5.57. The van der Waals surface area contributed by atoms with Crippen LogP contribution in [0.2, 0.25) is 0 Å². The average molecular weight is 823 g/mol. The van der Waals surface area contributed by atoms with Gasteiger partial charge in [-0.15, -0.1) is 0 Å². The van der Waals surface area contributed by atoms with E-state index in [1.54, 1.807) is 0 Å². The first-order valence-corrected chi connectivity index (χ1v) is 22.7. The molecule has 0 fully saturated rings. The van der Waals surface area contributed by atoms with Crippen molar-refractivity contribution in [2.24, 2.45) is 0 Å². The van der Waals surface area contributed by atoms with Gasteiger partial charge in [0.25, 0.3) is 0 Å². The fraction of sp³-hybridized carbons (Fsp3) is 0.0154. The molecule has 0 saturated heterocycles.